The maximum Gasteiger partial charge on any atom is 0.409 e. The van der Waals surface area contributed by atoms with Crippen molar-refractivity contribution < 1.29 is 9.53 Å². The summed E-state index contributed by atoms with van der Waals surface area (Å²) in [5.41, 5.74) is 1.20. The lowest BCUT2D eigenvalue weighted by Crippen LogP contribution is -2.50. The Labute approximate surface area is 171 Å². The number of guanidine groups is 1. The van der Waals surface area contributed by atoms with Crippen LogP contribution in [0.4, 0.5) is 4.79 Å². The normalized spacial score (nSPS) is 16.7. The van der Waals surface area contributed by atoms with Crippen LogP contribution in [0.1, 0.15) is 30.6 Å². The highest BCUT2D eigenvalue weighted by atomic mass is 35.5. The summed E-state index contributed by atoms with van der Waals surface area (Å²) in [4.78, 5) is 17.9. The van der Waals surface area contributed by atoms with Crippen LogP contribution in [0.3, 0.4) is 0 Å². The molecule has 1 saturated heterocycles. The molecule has 2 N–H and O–H groups in total. The maximum atomic E-state index is 11.8. The highest BCUT2D eigenvalue weighted by molar-refractivity contribution is 7.98. The number of carbonyl (C=O) groups is 1. The summed E-state index contributed by atoms with van der Waals surface area (Å²) >= 11 is 7.89. The van der Waals surface area contributed by atoms with E-state index in [1.807, 2.05) is 25.1 Å². The molecule has 0 aliphatic carbocycles. The Bertz CT molecular complexity index is 636. The van der Waals surface area contributed by atoms with Crippen LogP contribution < -0.4 is 10.6 Å². The molecular weight excluding hydrogens is 384 g/mol. The van der Waals surface area contributed by atoms with Crippen LogP contribution in [-0.4, -0.2) is 62.5 Å². The smallest absolute Gasteiger partial charge is 0.409 e. The molecule has 1 aromatic carbocycles. The van der Waals surface area contributed by atoms with E-state index >= 15 is 0 Å². The summed E-state index contributed by atoms with van der Waals surface area (Å²) in [6.07, 6.45) is 3.62. The molecule has 0 saturated carbocycles. The van der Waals surface area contributed by atoms with E-state index in [9.17, 15) is 4.79 Å². The van der Waals surface area contributed by atoms with E-state index in [4.69, 9.17) is 16.3 Å². The Kier molecular flexibility index (Phi) is 9.07. The quantitative estimate of drug-likeness (QED) is 0.552. The fourth-order valence-corrected chi connectivity index (χ4v) is 3.91. The Balaban J connectivity index is 1.81. The first kappa shape index (κ1) is 21.7. The number of nitrogens with one attached hydrogen (secondary N) is 2. The summed E-state index contributed by atoms with van der Waals surface area (Å²) in [6, 6.07) is 8.26. The Morgan fingerprint density at radius 3 is 2.78 bits per heavy atom. The van der Waals surface area contributed by atoms with Crippen molar-refractivity contribution in [3.63, 3.8) is 0 Å². The third kappa shape index (κ3) is 6.81. The van der Waals surface area contributed by atoms with Crippen LogP contribution in [0.2, 0.25) is 5.02 Å². The molecule has 6 nitrogen and oxygen atoms in total. The van der Waals surface area contributed by atoms with E-state index in [2.05, 4.69) is 27.9 Å². The highest BCUT2D eigenvalue weighted by Crippen LogP contribution is 2.27. The maximum absolute atomic E-state index is 11.8. The lowest BCUT2D eigenvalue weighted by molar-refractivity contribution is 0.0963. The number of thioether (sulfide) groups is 1. The van der Waals surface area contributed by atoms with Gasteiger partial charge in [-0.1, -0.05) is 23.7 Å². The molecule has 150 valence electrons. The zero-order chi connectivity index (χ0) is 19.6. The van der Waals surface area contributed by atoms with Gasteiger partial charge in [-0.25, -0.2) is 4.79 Å². The second-order valence-electron chi connectivity index (χ2n) is 6.34. The molecule has 1 aliphatic rings. The molecule has 1 amide bonds. The number of likely N-dealkylation sites (tertiary alicyclic amines) is 1. The van der Waals surface area contributed by atoms with E-state index in [1.165, 1.54) is 5.56 Å². The van der Waals surface area contributed by atoms with Gasteiger partial charge in [-0.3, -0.25) is 4.99 Å². The van der Waals surface area contributed by atoms with Gasteiger partial charge in [-0.15, -0.1) is 0 Å². The summed E-state index contributed by atoms with van der Waals surface area (Å²) in [7, 11) is 1.77. The SMILES string of the molecule is CCOC(=O)N1CCC(NC(=NC)NCC(SC)c2cccc(Cl)c2)CC1. The molecule has 1 unspecified atom stereocenters. The van der Waals surface area contributed by atoms with E-state index in [1.54, 1.807) is 23.7 Å². The number of piperidine rings is 1. The summed E-state index contributed by atoms with van der Waals surface area (Å²) in [5.74, 6) is 0.783. The minimum atomic E-state index is -0.220. The number of amides is 1. The lowest BCUT2D eigenvalue weighted by atomic mass is 10.1. The lowest BCUT2D eigenvalue weighted by Gasteiger charge is -2.32. The summed E-state index contributed by atoms with van der Waals surface area (Å²) in [5, 5.41) is 7.91. The Morgan fingerprint density at radius 1 is 1.44 bits per heavy atom. The van der Waals surface area contributed by atoms with Crippen LogP contribution in [0.25, 0.3) is 0 Å². The average molecular weight is 413 g/mol. The van der Waals surface area contributed by atoms with Gasteiger partial charge in [0.2, 0.25) is 0 Å². The van der Waals surface area contributed by atoms with Crippen molar-refractivity contribution in [2.24, 2.45) is 4.99 Å². The van der Waals surface area contributed by atoms with Gasteiger partial charge in [0.1, 0.15) is 0 Å². The predicted octanol–water partition coefficient (Wildman–Crippen LogP) is 3.53. The highest BCUT2D eigenvalue weighted by Gasteiger charge is 2.24. The second kappa shape index (κ2) is 11.3. The van der Waals surface area contributed by atoms with E-state index < -0.39 is 0 Å². The zero-order valence-electron chi connectivity index (χ0n) is 16.2. The molecule has 0 spiro atoms. The van der Waals surface area contributed by atoms with Crippen LogP contribution in [0.5, 0.6) is 0 Å². The largest absolute Gasteiger partial charge is 0.450 e. The van der Waals surface area contributed by atoms with Crippen molar-refractivity contribution in [3.05, 3.63) is 34.9 Å². The zero-order valence-corrected chi connectivity index (χ0v) is 17.8. The van der Waals surface area contributed by atoms with E-state index in [-0.39, 0.29) is 11.3 Å². The van der Waals surface area contributed by atoms with Gasteiger partial charge in [0, 0.05) is 43.0 Å². The van der Waals surface area contributed by atoms with Gasteiger partial charge < -0.3 is 20.3 Å². The van der Waals surface area contributed by atoms with Gasteiger partial charge in [0.15, 0.2) is 5.96 Å². The number of halogens is 1. The van der Waals surface area contributed by atoms with E-state index in [0.717, 1.165) is 30.4 Å². The van der Waals surface area contributed by atoms with Crippen molar-refractivity contribution in [3.8, 4) is 0 Å². The fourth-order valence-electron chi connectivity index (χ4n) is 3.04. The number of ether oxygens (including phenoxy) is 1. The molecule has 0 aromatic heterocycles. The van der Waals surface area contributed by atoms with Crippen LogP contribution >= 0.6 is 23.4 Å². The average Bonchev–Trinajstić information content (AvgIpc) is 2.68. The molecule has 0 bridgehead atoms. The first-order valence-corrected chi connectivity index (χ1v) is 10.9. The fraction of sp³-hybridized carbons (Fsp3) is 0.579. The van der Waals surface area contributed by atoms with Gasteiger partial charge in [0.05, 0.1) is 6.61 Å². The number of benzene rings is 1. The predicted molar refractivity (Wildman–Crippen MR) is 114 cm³/mol. The first-order chi connectivity index (χ1) is 13.1. The molecule has 1 aliphatic heterocycles. The number of hydrogen-bond acceptors (Lipinski definition) is 4. The monoisotopic (exact) mass is 412 g/mol. The standard InChI is InChI=1S/C19H29ClN4O2S/c1-4-26-19(25)24-10-8-16(9-11-24)23-18(21-2)22-13-17(27-3)14-6-5-7-15(20)12-14/h5-7,12,16-17H,4,8-11,13H2,1-3H3,(H2,21,22,23). The van der Waals surface area contributed by atoms with Gasteiger partial charge in [-0.2, -0.15) is 11.8 Å². The first-order valence-electron chi connectivity index (χ1n) is 9.24. The molecule has 8 heteroatoms. The molecule has 1 fully saturated rings. The van der Waals surface area contributed by atoms with Crippen molar-refractivity contribution in [1.29, 1.82) is 0 Å². The number of rotatable bonds is 6. The minimum Gasteiger partial charge on any atom is -0.450 e. The number of carbonyl (C=O) groups excluding carboxylic acids is 1. The summed E-state index contributed by atoms with van der Waals surface area (Å²) < 4.78 is 5.07. The molecule has 1 aromatic rings. The third-order valence-corrected chi connectivity index (χ3v) is 5.79. The van der Waals surface area contributed by atoms with Crippen molar-refractivity contribution in [2.75, 3.05) is 39.5 Å². The topological polar surface area (TPSA) is 66.0 Å². The molecular formula is C19H29ClN4O2S. The number of nitrogens with zero attached hydrogens (tertiary/aromatic N) is 2. The van der Waals surface area contributed by atoms with Gasteiger partial charge >= 0.3 is 6.09 Å². The number of hydrogen-bond donors (Lipinski definition) is 2. The molecule has 2 rings (SSSR count). The molecule has 1 atom stereocenters. The van der Waals surface area contributed by atoms with Crippen molar-refractivity contribution in [1.82, 2.24) is 15.5 Å². The van der Waals surface area contributed by atoms with Crippen LogP contribution in [0, 0.1) is 0 Å². The Morgan fingerprint density at radius 2 is 2.19 bits per heavy atom. The number of aliphatic imine (C=N–C) groups is 1. The molecule has 27 heavy (non-hydrogen) atoms. The van der Waals surface area contributed by atoms with Crippen molar-refractivity contribution in [2.45, 2.75) is 31.1 Å². The molecule has 1 heterocycles. The van der Waals surface area contributed by atoms with Gasteiger partial charge in [-0.05, 0) is 43.7 Å². The summed E-state index contributed by atoms with van der Waals surface area (Å²) in [6.45, 7) is 4.39. The van der Waals surface area contributed by atoms with Crippen molar-refractivity contribution >= 4 is 35.4 Å². The van der Waals surface area contributed by atoms with Crippen LogP contribution in [0.15, 0.2) is 29.3 Å². The second-order valence-corrected chi connectivity index (χ2v) is 7.81. The molecule has 0 radical (unpaired) electrons. The Hall–Kier alpha value is -1.60. The van der Waals surface area contributed by atoms with E-state index in [0.29, 0.717) is 25.7 Å². The third-order valence-electron chi connectivity index (χ3n) is 4.55. The minimum absolute atomic E-state index is 0.220. The van der Waals surface area contributed by atoms with Gasteiger partial charge in [0.25, 0.3) is 0 Å². The van der Waals surface area contributed by atoms with Crippen LogP contribution in [-0.2, 0) is 4.74 Å².